The lowest BCUT2D eigenvalue weighted by molar-refractivity contribution is -0.132. The summed E-state index contributed by atoms with van der Waals surface area (Å²) < 4.78 is 0. The van der Waals surface area contributed by atoms with E-state index in [0.29, 0.717) is 12.5 Å². The number of nitrogens with one attached hydrogen (secondary N) is 2. The lowest BCUT2D eigenvalue weighted by Gasteiger charge is -2.32. The fourth-order valence-corrected chi connectivity index (χ4v) is 3.72. The molecule has 7 heteroatoms. The van der Waals surface area contributed by atoms with Crippen molar-refractivity contribution in [3.8, 4) is 0 Å². The Bertz CT molecular complexity index is 647. The van der Waals surface area contributed by atoms with Crippen molar-refractivity contribution < 1.29 is 9.59 Å². The number of benzene rings is 1. The molecule has 27 heavy (non-hydrogen) atoms. The normalized spacial score (nSPS) is 23.4. The fourth-order valence-electron chi connectivity index (χ4n) is 3.72. The van der Waals surface area contributed by atoms with Gasteiger partial charge in [0.05, 0.1) is 6.42 Å². The fraction of sp³-hybridized carbons (Fsp3) is 0.600. The number of anilines is 1. The maximum atomic E-state index is 12.5. The first-order valence-electron chi connectivity index (χ1n) is 9.61. The van der Waals surface area contributed by atoms with Crippen molar-refractivity contribution in [2.24, 2.45) is 5.92 Å². The van der Waals surface area contributed by atoms with Gasteiger partial charge in [0.2, 0.25) is 11.8 Å². The Labute approximate surface area is 168 Å². The third kappa shape index (κ3) is 6.19. The third-order valence-electron chi connectivity index (χ3n) is 5.40. The van der Waals surface area contributed by atoms with Crippen molar-refractivity contribution in [2.45, 2.75) is 32.2 Å². The van der Waals surface area contributed by atoms with Crippen LogP contribution in [0.4, 0.5) is 5.69 Å². The second-order valence-corrected chi connectivity index (χ2v) is 7.63. The molecule has 0 bridgehead atoms. The minimum absolute atomic E-state index is 0. The summed E-state index contributed by atoms with van der Waals surface area (Å²) in [6, 6.07) is 8.07. The topological polar surface area (TPSA) is 64.7 Å². The average molecular weight is 395 g/mol. The van der Waals surface area contributed by atoms with Crippen LogP contribution in [-0.2, 0) is 16.0 Å². The van der Waals surface area contributed by atoms with Crippen molar-refractivity contribution in [3.63, 3.8) is 0 Å². The summed E-state index contributed by atoms with van der Waals surface area (Å²) >= 11 is 0. The number of piperazine rings is 1. The number of carbonyl (C=O) groups is 2. The van der Waals surface area contributed by atoms with E-state index in [1.165, 1.54) is 0 Å². The minimum atomic E-state index is 0. The maximum Gasteiger partial charge on any atom is 0.227 e. The van der Waals surface area contributed by atoms with Crippen LogP contribution in [-0.4, -0.2) is 67.4 Å². The van der Waals surface area contributed by atoms with Gasteiger partial charge in [-0.15, -0.1) is 12.4 Å². The van der Waals surface area contributed by atoms with Gasteiger partial charge in [0, 0.05) is 43.8 Å². The number of piperidine rings is 1. The zero-order chi connectivity index (χ0) is 18.5. The summed E-state index contributed by atoms with van der Waals surface area (Å²) in [6.45, 7) is 6.44. The summed E-state index contributed by atoms with van der Waals surface area (Å²) in [4.78, 5) is 29.2. The highest BCUT2D eigenvalue weighted by molar-refractivity contribution is 5.93. The molecule has 1 aromatic rings. The van der Waals surface area contributed by atoms with Gasteiger partial charge in [0.25, 0.3) is 0 Å². The van der Waals surface area contributed by atoms with Gasteiger partial charge in [-0.05, 0) is 51.1 Å². The Hall–Kier alpha value is -1.63. The Morgan fingerprint density at radius 1 is 1.22 bits per heavy atom. The van der Waals surface area contributed by atoms with Gasteiger partial charge < -0.3 is 20.4 Å². The lowest BCUT2D eigenvalue weighted by atomic mass is 9.92. The molecule has 0 spiro atoms. The smallest absolute Gasteiger partial charge is 0.227 e. The number of rotatable bonds is 4. The molecule has 2 fully saturated rings. The van der Waals surface area contributed by atoms with Crippen LogP contribution in [0.2, 0.25) is 0 Å². The number of amides is 2. The molecule has 2 N–H and O–H groups in total. The maximum absolute atomic E-state index is 12.5. The van der Waals surface area contributed by atoms with Crippen molar-refractivity contribution in [2.75, 3.05) is 45.1 Å². The Morgan fingerprint density at radius 2 is 1.96 bits per heavy atom. The predicted molar refractivity (Wildman–Crippen MR) is 110 cm³/mol. The number of likely N-dealkylation sites (N-methyl/N-ethyl adjacent to an activating group) is 1. The predicted octanol–water partition coefficient (Wildman–Crippen LogP) is 1.75. The highest BCUT2D eigenvalue weighted by Crippen LogP contribution is 2.19. The monoisotopic (exact) mass is 394 g/mol. The zero-order valence-electron chi connectivity index (χ0n) is 16.2. The molecule has 2 aliphatic rings. The summed E-state index contributed by atoms with van der Waals surface area (Å²) in [7, 11) is 2.08. The van der Waals surface area contributed by atoms with E-state index in [1.807, 2.05) is 29.2 Å². The first-order chi connectivity index (χ1) is 12.5. The van der Waals surface area contributed by atoms with E-state index in [-0.39, 0.29) is 30.1 Å². The molecule has 0 radical (unpaired) electrons. The summed E-state index contributed by atoms with van der Waals surface area (Å²) in [5.74, 6) is 0.302. The number of hydrogen-bond acceptors (Lipinski definition) is 4. The largest absolute Gasteiger partial charge is 0.340 e. The standard InChI is InChI=1S/C20H30N4O2.ClH/c1-15-12-17(6-7-21-15)20(26)22-18-5-3-4-16(13-18)14-19(25)24-10-8-23(2)9-11-24;/h3-5,13,15,17,21H,6-12,14H2,1-2H3,(H,22,26);1H/t15-,17-;/m0./s1. The summed E-state index contributed by atoms with van der Waals surface area (Å²) in [6.07, 6.45) is 2.13. The van der Waals surface area contributed by atoms with E-state index in [1.54, 1.807) is 0 Å². The van der Waals surface area contributed by atoms with Crippen molar-refractivity contribution in [1.29, 1.82) is 0 Å². The molecule has 2 atom stereocenters. The van der Waals surface area contributed by atoms with Gasteiger partial charge >= 0.3 is 0 Å². The number of carbonyl (C=O) groups excluding carboxylic acids is 2. The number of halogens is 1. The zero-order valence-corrected chi connectivity index (χ0v) is 17.1. The lowest BCUT2D eigenvalue weighted by Crippen LogP contribution is -2.47. The van der Waals surface area contributed by atoms with Gasteiger partial charge in [0.1, 0.15) is 0 Å². The van der Waals surface area contributed by atoms with Crippen molar-refractivity contribution in [1.82, 2.24) is 15.1 Å². The SMILES string of the molecule is C[C@H]1C[C@@H](C(=O)Nc2cccc(CC(=O)N3CCN(C)CC3)c2)CCN1.Cl. The molecule has 3 rings (SSSR count). The van der Waals surface area contributed by atoms with E-state index in [9.17, 15) is 9.59 Å². The first kappa shape index (κ1) is 21.7. The highest BCUT2D eigenvalue weighted by Gasteiger charge is 2.25. The van der Waals surface area contributed by atoms with E-state index in [4.69, 9.17) is 0 Å². The summed E-state index contributed by atoms with van der Waals surface area (Å²) in [5.41, 5.74) is 1.73. The van der Waals surface area contributed by atoms with Crippen molar-refractivity contribution in [3.05, 3.63) is 29.8 Å². The van der Waals surface area contributed by atoms with E-state index in [0.717, 1.165) is 56.8 Å². The Kier molecular flexibility index (Phi) is 8.07. The molecule has 2 aliphatic heterocycles. The first-order valence-corrected chi connectivity index (χ1v) is 9.61. The van der Waals surface area contributed by atoms with Gasteiger partial charge in [-0.3, -0.25) is 9.59 Å². The molecule has 6 nitrogen and oxygen atoms in total. The molecule has 2 heterocycles. The van der Waals surface area contributed by atoms with E-state index >= 15 is 0 Å². The minimum Gasteiger partial charge on any atom is -0.340 e. The molecule has 0 aromatic heterocycles. The van der Waals surface area contributed by atoms with Crippen molar-refractivity contribution >= 4 is 29.9 Å². The molecule has 0 saturated carbocycles. The molecule has 2 amide bonds. The van der Waals surface area contributed by atoms with Crippen LogP contribution < -0.4 is 10.6 Å². The van der Waals surface area contributed by atoms with Crippen LogP contribution >= 0.6 is 12.4 Å². The van der Waals surface area contributed by atoms with Gasteiger partial charge in [0.15, 0.2) is 0 Å². The van der Waals surface area contributed by atoms with Gasteiger partial charge in [-0.2, -0.15) is 0 Å². The van der Waals surface area contributed by atoms with Gasteiger partial charge in [-0.1, -0.05) is 12.1 Å². The van der Waals surface area contributed by atoms with Crippen LogP contribution in [0.25, 0.3) is 0 Å². The van der Waals surface area contributed by atoms with Crippen LogP contribution in [0.1, 0.15) is 25.3 Å². The molecule has 1 aromatic carbocycles. The molecule has 150 valence electrons. The average Bonchev–Trinajstić information content (AvgIpc) is 2.62. The highest BCUT2D eigenvalue weighted by atomic mass is 35.5. The molecule has 0 unspecified atom stereocenters. The van der Waals surface area contributed by atoms with E-state index in [2.05, 4.69) is 29.5 Å². The second kappa shape index (κ2) is 10.1. The van der Waals surface area contributed by atoms with Crippen LogP contribution in [0, 0.1) is 5.92 Å². The molecule has 2 saturated heterocycles. The number of nitrogens with zero attached hydrogens (tertiary/aromatic N) is 2. The number of hydrogen-bond donors (Lipinski definition) is 2. The Morgan fingerprint density at radius 3 is 2.67 bits per heavy atom. The molecular weight excluding hydrogens is 364 g/mol. The van der Waals surface area contributed by atoms with Gasteiger partial charge in [-0.25, -0.2) is 0 Å². The van der Waals surface area contributed by atoms with Crippen LogP contribution in [0.15, 0.2) is 24.3 Å². The van der Waals surface area contributed by atoms with Crippen LogP contribution in [0.3, 0.4) is 0 Å². The van der Waals surface area contributed by atoms with Crippen LogP contribution in [0.5, 0.6) is 0 Å². The Balaban J connectivity index is 0.00000261. The molecular formula is C20H31ClN4O2. The molecule has 0 aliphatic carbocycles. The quantitative estimate of drug-likeness (QED) is 0.816. The summed E-state index contributed by atoms with van der Waals surface area (Å²) in [5, 5.41) is 6.40. The second-order valence-electron chi connectivity index (χ2n) is 7.63. The third-order valence-corrected chi connectivity index (χ3v) is 5.40. The van der Waals surface area contributed by atoms with E-state index < -0.39 is 0 Å².